The van der Waals surface area contributed by atoms with Crippen LogP contribution < -0.4 is 10.5 Å². The van der Waals surface area contributed by atoms with Crippen molar-refractivity contribution in [2.45, 2.75) is 6.92 Å². The second-order valence-corrected chi connectivity index (χ2v) is 4.06. The molecule has 0 radical (unpaired) electrons. The molecule has 0 aliphatic rings. The van der Waals surface area contributed by atoms with Crippen molar-refractivity contribution in [1.29, 1.82) is 0 Å². The minimum Gasteiger partial charge on any atom is -0.437 e. The second kappa shape index (κ2) is 5.01. The van der Waals surface area contributed by atoms with Gasteiger partial charge in [-0.2, -0.15) is 5.10 Å². The zero-order valence-electron chi connectivity index (χ0n) is 9.55. The van der Waals surface area contributed by atoms with Crippen molar-refractivity contribution in [3.8, 4) is 11.6 Å². The molecule has 0 saturated carbocycles. The van der Waals surface area contributed by atoms with Crippen molar-refractivity contribution < 1.29 is 9.53 Å². The van der Waals surface area contributed by atoms with Gasteiger partial charge in [-0.3, -0.25) is 4.79 Å². The van der Waals surface area contributed by atoms with Gasteiger partial charge in [0.15, 0.2) is 0 Å². The molecule has 1 aromatic carbocycles. The fourth-order valence-electron chi connectivity index (χ4n) is 1.37. The zero-order valence-corrected chi connectivity index (χ0v) is 10.3. The van der Waals surface area contributed by atoms with Crippen LogP contribution in [0.4, 0.5) is 0 Å². The molecule has 2 rings (SSSR count). The molecule has 2 N–H and O–H groups in total. The third-order valence-corrected chi connectivity index (χ3v) is 2.39. The van der Waals surface area contributed by atoms with E-state index in [2.05, 4.69) is 10.2 Å². The molecule has 0 fully saturated rings. The van der Waals surface area contributed by atoms with Gasteiger partial charge in [0.25, 0.3) is 11.8 Å². The molecule has 5 nitrogen and oxygen atoms in total. The van der Waals surface area contributed by atoms with Crippen molar-refractivity contribution in [3.63, 3.8) is 0 Å². The van der Waals surface area contributed by atoms with Crippen LogP contribution >= 0.6 is 11.6 Å². The molecule has 0 atom stereocenters. The first-order valence-corrected chi connectivity index (χ1v) is 5.51. The third kappa shape index (κ3) is 2.75. The van der Waals surface area contributed by atoms with Gasteiger partial charge in [0, 0.05) is 5.02 Å². The van der Waals surface area contributed by atoms with Gasteiger partial charge in [-0.25, -0.2) is 0 Å². The van der Waals surface area contributed by atoms with E-state index in [0.29, 0.717) is 16.5 Å². The van der Waals surface area contributed by atoms with Gasteiger partial charge < -0.3 is 10.5 Å². The molecule has 92 valence electrons. The van der Waals surface area contributed by atoms with Crippen molar-refractivity contribution in [3.05, 3.63) is 46.6 Å². The minimum absolute atomic E-state index is 0.0652. The van der Waals surface area contributed by atoms with Gasteiger partial charge in [-0.05, 0) is 31.2 Å². The van der Waals surface area contributed by atoms with Crippen molar-refractivity contribution >= 4 is 17.5 Å². The number of hydrogen-bond donors (Lipinski definition) is 1. The monoisotopic (exact) mass is 263 g/mol. The number of nitrogens with two attached hydrogens (primary N) is 1. The van der Waals surface area contributed by atoms with E-state index in [0.717, 1.165) is 0 Å². The summed E-state index contributed by atoms with van der Waals surface area (Å²) in [6, 6.07) is 8.26. The molecule has 0 spiro atoms. The second-order valence-electron chi connectivity index (χ2n) is 3.63. The molecule has 1 aromatic heterocycles. The molecule has 0 aliphatic heterocycles. The van der Waals surface area contributed by atoms with Crippen LogP contribution in [0.2, 0.25) is 5.02 Å². The Morgan fingerprint density at radius 2 is 2.11 bits per heavy atom. The van der Waals surface area contributed by atoms with Gasteiger partial charge >= 0.3 is 0 Å². The van der Waals surface area contributed by atoms with E-state index in [9.17, 15) is 4.79 Å². The first kappa shape index (κ1) is 12.3. The summed E-state index contributed by atoms with van der Waals surface area (Å²) in [5.41, 5.74) is 6.02. The molecule has 0 bridgehead atoms. The van der Waals surface area contributed by atoms with Crippen molar-refractivity contribution in [2.24, 2.45) is 5.73 Å². The Morgan fingerprint density at radius 3 is 2.78 bits per heavy atom. The number of nitrogens with zero attached hydrogens (tertiary/aromatic N) is 2. The number of rotatable bonds is 3. The number of carbonyl (C=O) groups is 1. The van der Waals surface area contributed by atoms with Crippen LogP contribution in [0.1, 0.15) is 16.1 Å². The number of aromatic nitrogens is 2. The number of carbonyl (C=O) groups excluding carboxylic acids is 1. The van der Waals surface area contributed by atoms with Crippen LogP contribution in [0.3, 0.4) is 0 Å². The van der Waals surface area contributed by atoms with Gasteiger partial charge in [0.1, 0.15) is 11.3 Å². The van der Waals surface area contributed by atoms with E-state index in [-0.39, 0.29) is 11.4 Å². The highest BCUT2D eigenvalue weighted by Gasteiger charge is 2.13. The lowest BCUT2D eigenvalue weighted by molar-refractivity contribution is 0.0997. The number of benzene rings is 1. The van der Waals surface area contributed by atoms with Crippen LogP contribution in [0.25, 0.3) is 0 Å². The molecule has 6 heteroatoms. The molecule has 0 saturated heterocycles. The third-order valence-electron chi connectivity index (χ3n) is 2.16. The van der Waals surface area contributed by atoms with Crippen LogP contribution in [0, 0.1) is 6.92 Å². The fourth-order valence-corrected chi connectivity index (χ4v) is 1.55. The average Bonchev–Trinajstić information content (AvgIpc) is 2.31. The van der Waals surface area contributed by atoms with Gasteiger partial charge in [-0.15, -0.1) is 5.10 Å². The number of primary amides is 1. The number of hydrogen-bond acceptors (Lipinski definition) is 4. The Morgan fingerprint density at radius 1 is 1.33 bits per heavy atom. The minimum atomic E-state index is -0.620. The van der Waals surface area contributed by atoms with E-state index in [1.54, 1.807) is 31.2 Å². The lowest BCUT2D eigenvalue weighted by Gasteiger charge is -2.07. The Labute approximate surface area is 109 Å². The van der Waals surface area contributed by atoms with Crippen LogP contribution in [-0.2, 0) is 0 Å². The molecule has 18 heavy (non-hydrogen) atoms. The van der Waals surface area contributed by atoms with E-state index < -0.39 is 5.91 Å². The summed E-state index contributed by atoms with van der Waals surface area (Å²) in [5.74, 6) is -0.0939. The number of amides is 1. The quantitative estimate of drug-likeness (QED) is 0.922. The topological polar surface area (TPSA) is 78.1 Å². The molecule has 1 amide bonds. The lowest BCUT2D eigenvalue weighted by atomic mass is 10.2. The fraction of sp³-hybridized carbons (Fsp3) is 0.0833. The van der Waals surface area contributed by atoms with Gasteiger partial charge in [0.05, 0.1) is 5.69 Å². The maximum atomic E-state index is 11.3. The predicted octanol–water partition coefficient (Wildman–Crippen LogP) is 2.33. The van der Waals surface area contributed by atoms with Crippen molar-refractivity contribution in [2.75, 3.05) is 0 Å². The SMILES string of the molecule is Cc1cc(C(N)=O)c(Oc2cccc(Cl)c2)nn1. The number of halogens is 1. The average molecular weight is 264 g/mol. The summed E-state index contributed by atoms with van der Waals surface area (Å²) in [7, 11) is 0. The predicted molar refractivity (Wildman–Crippen MR) is 66.8 cm³/mol. The van der Waals surface area contributed by atoms with E-state index >= 15 is 0 Å². The zero-order chi connectivity index (χ0) is 13.1. The van der Waals surface area contributed by atoms with Crippen LogP contribution in [0.5, 0.6) is 11.6 Å². The summed E-state index contributed by atoms with van der Waals surface area (Å²) >= 11 is 5.83. The van der Waals surface area contributed by atoms with Gasteiger partial charge in [-0.1, -0.05) is 17.7 Å². The van der Waals surface area contributed by atoms with Crippen LogP contribution in [-0.4, -0.2) is 16.1 Å². The largest absolute Gasteiger partial charge is 0.437 e. The molecular weight excluding hydrogens is 254 g/mol. The highest BCUT2D eigenvalue weighted by Crippen LogP contribution is 2.24. The number of aryl methyl sites for hydroxylation is 1. The lowest BCUT2D eigenvalue weighted by Crippen LogP contribution is -2.14. The Balaban J connectivity index is 2.37. The summed E-state index contributed by atoms with van der Waals surface area (Å²) in [4.78, 5) is 11.3. The summed E-state index contributed by atoms with van der Waals surface area (Å²) in [6.07, 6.45) is 0. The first-order chi connectivity index (χ1) is 8.56. The highest BCUT2D eigenvalue weighted by atomic mass is 35.5. The first-order valence-electron chi connectivity index (χ1n) is 5.14. The Hall–Kier alpha value is -2.14. The normalized spacial score (nSPS) is 10.1. The smallest absolute Gasteiger partial charge is 0.254 e. The van der Waals surface area contributed by atoms with Crippen LogP contribution in [0.15, 0.2) is 30.3 Å². The van der Waals surface area contributed by atoms with E-state index in [1.807, 2.05) is 0 Å². The van der Waals surface area contributed by atoms with Crippen molar-refractivity contribution in [1.82, 2.24) is 10.2 Å². The standard InChI is InChI=1S/C12H10ClN3O2/c1-7-5-10(11(14)17)12(16-15-7)18-9-4-2-3-8(13)6-9/h2-6H,1H3,(H2,14,17). The molecule has 2 aromatic rings. The molecule has 0 unspecified atom stereocenters. The van der Waals surface area contributed by atoms with E-state index in [1.165, 1.54) is 6.07 Å². The molecule has 1 heterocycles. The highest BCUT2D eigenvalue weighted by molar-refractivity contribution is 6.30. The Kier molecular flexibility index (Phi) is 3.43. The summed E-state index contributed by atoms with van der Waals surface area (Å²) < 4.78 is 5.45. The summed E-state index contributed by atoms with van der Waals surface area (Å²) in [6.45, 7) is 1.71. The maximum Gasteiger partial charge on any atom is 0.254 e. The van der Waals surface area contributed by atoms with E-state index in [4.69, 9.17) is 22.1 Å². The number of ether oxygens (including phenoxy) is 1. The summed E-state index contributed by atoms with van der Waals surface area (Å²) in [5, 5.41) is 8.15. The van der Waals surface area contributed by atoms with Gasteiger partial charge in [0.2, 0.25) is 0 Å². The maximum absolute atomic E-state index is 11.3. The molecular formula is C12H10ClN3O2. The molecule has 0 aliphatic carbocycles. The Bertz CT molecular complexity index is 602.